The van der Waals surface area contributed by atoms with Gasteiger partial charge in [0.05, 0.1) is 12.1 Å². The number of benzene rings is 1. The summed E-state index contributed by atoms with van der Waals surface area (Å²) in [6.07, 6.45) is 3.37. The van der Waals surface area contributed by atoms with Gasteiger partial charge in [-0.15, -0.1) is 0 Å². The van der Waals surface area contributed by atoms with Gasteiger partial charge in [0.1, 0.15) is 5.75 Å². The molecule has 3 rings (SSSR count). The van der Waals surface area contributed by atoms with Crippen LogP contribution in [0.4, 0.5) is 0 Å². The first kappa shape index (κ1) is 12.6. The Balaban J connectivity index is 2.41. The highest BCUT2D eigenvalue weighted by Gasteiger charge is 2.30. The van der Waals surface area contributed by atoms with E-state index in [0.29, 0.717) is 0 Å². The van der Waals surface area contributed by atoms with Crippen molar-refractivity contribution in [1.82, 2.24) is 4.57 Å². The van der Waals surface area contributed by atoms with E-state index in [1.807, 2.05) is 0 Å². The van der Waals surface area contributed by atoms with Crippen LogP contribution in [0.25, 0.3) is 10.9 Å². The Labute approximate surface area is 115 Å². The van der Waals surface area contributed by atoms with E-state index in [1.165, 1.54) is 16.5 Å². The quantitative estimate of drug-likeness (QED) is 0.680. The van der Waals surface area contributed by atoms with E-state index in [9.17, 15) is 0 Å². The van der Waals surface area contributed by atoms with Crippen LogP contribution in [-0.2, 0) is 11.0 Å². The third kappa shape index (κ3) is 1.85. The lowest BCUT2D eigenvalue weighted by Crippen LogP contribution is -2.26. The van der Waals surface area contributed by atoms with E-state index in [4.69, 9.17) is 4.74 Å². The summed E-state index contributed by atoms with van der Waals surface area (Å²) in [5.74, 6) is 1.03. The SMILES string of the molecule is CC(C)(C)c1cn2c3c(cccc13)OCCC2(C)C. The molecule has 102 valence electrons. The van der Waals surface area contributed by atoms with Crippen LogP contribution in [0.15, 0.2) is 24.4 Å². The predicted molar refractivity (Wildman–Crippen MR) is 80.1 cm³/mol. The van der Waals surface area contributed by atoms with Crippen LogP contribution in [0.2, 0.25) is 0 Å². The highest BCUT2D eigenvalue weighted by atomic mass is 16.5. The van der Waals surface area contributed by atoms with E-state index in [0.717, 1.165) is 18.8 Å². The number of hydrogen-bond donors (Lipinski definition) is 0. The molecule has 0 spiro atoms. The molecule has 2 aromatic rings. The van der Waals surface area contributed by atoms with Crippen LogP contribution in [0, 0.1) is 0 Å². The summed E-state index contributed by atoms with van der Waals surface area (Å²) in [5, 5.41) is 1.33. The maximum atomic E-state index is 5.96. The van der Waals surface area contributed by atoms with E-state index >= 15 is 0 Å². The van der Waals surface area contributed by atoms with Crippen LogP contribution >= 0.6 is 0 Å². The fraction of sp³-hybridized carbons (Fsp3) is 0.529. The Morgan fingerprint density at radius 1 is 1.21 bits per heavy atom. The second-order valence-corrected chi connectivity index (χ2v) is 7.23. The van der Waals surface area contributed by atoms with Gasteiger partial charge in [-0.3, -0.25) is 0 Å². The Morgan fingerprint density at radius 2 is 1.95 bits per heavy atom. The number of rotatable bonds is 0. The van der Waals surface area contributed by atoms with Crippen molar-refractivity contribution >= 4 is 10.9 Å². The van der Waals surface area contributed by atoms with Crippen molar-refractivity contribution in [2.75, 3.05) is 6.61 Å². The van der Waals surface area contributed by atoms with Crippen LogP contribution in [0.3, 0.4) is 0 Å². The zero-order valence-corrected chi connectivity index (χ0v) is 12.6. The first-order valence-corrected chi connectivity index (χ1v) is 7.08. The summed E-state index contributed by atoms with van der Waals surface area (Å²) >= 11 is 0. The zero-order chi connectivity index (χ0) is 13.8. The van der Waals surface area contributed by atoms with Crippen molar-refractivity contribution < 1.29 is 4.74 Å². The minimum Gasteiger partial charge on any atom is -0.491 e. The van der Waals surface area contributed by atoms with Gasteiger partial charge in [0.15, 0.2) is 0 Å². The Morgan fingerprint density at radius 3 is 2.63 bits per heavy atom. The highest BCUT2D eigenvalue weighted by molar-refractivity contribution is 5.90. The molecule has 0 N–H and O–H groups in total. The lowest BCUT2D eigenvalue weighted by Gasteiger charge is -2.26. The number of ether oxygens (including phenoxy) is 1. The summed E-state index contributed by atoms with van der Waals surface area (Å²) in [6.45, 7) is 12.2. The van der Waals surface area contributed by atoms with E-state index in [-0.39, 0.29) is 11.0 Å². The van der Waals surface area contributed by atoms with Gasteiger partial charge in [-0.05, 0) is 30.9 Å². The summed E-state index contributed by atoms with van der Waals surface area (Å²) in [4.78, 5) is 0. The molecule has 2 nitrogen and oxygen atoms in total. The molecule has 0 fully saturated rings. The van der Waals surface area contributed by atoms with E-state index in [1.54, 1.807) is 0 Å². The van der Waals surface area contributed by atoms with Crippen molar-refractivity contribution in [2.24, 2.45) is 0 Å². The molecule has 1 aromatic heterocycles. The molecule has 1 aliphatic rings. The van der Waals surface area contributed by atoms with Gasteiger partial charge in [-0.1, -0.05) is 32.9 Å². The molecular formula is C17H23NO. The predicted octanol–water partition coefficient (Wildman–Crippen LogP) is 4.46. The van der Waals surface area contributed by atoms with Crippen molar-refractivity contribution in [3.8, 4) is 5.75 Å². The highest BCUT2D eigenvalue weighted by Crippen LogP contribution is 2.41. The van der Waals surface area contributed by atoms with Crippen molar-refractivity contribution in [3.05, 3.63) is 30.0 Å². The fourth-order valence-corrected chi connectivity index (χ4v) is 2.97. The topological polar surface area (TPSA) is 14.2 Å². The van der Waals surface area contributed by atoms with Crippen molar-refractivity contribution in [2.45, 2.75) is 52.0 Å². The van der Waals surface area contributed by atoms with Crippen molar-refractivity contribution in [3.63, 3.8) is 0 Å². The molecule has 0 aliphatic carbocycles. The maximum absolute atomic E-state index is 5.96. The second kappa shape index (κ2) is 3.78. The summed E-state index contributed by atoms with van der Waals surface area (Å²) in [5.41, 5.74) is 2.92. The largest absolute Gasteiger partial charge is 0.491 e. The molecule has 2 heterocycles. The lowest BCUT2D eigenvalue weighted by molar-refractivity contribution is 0.251. The molecular weight excluding hydrogens is 234 g/mol. The molecule has 1 aromatic carbocycles. The monoisotopic (exact) mass is 257 g/mol. The van der Waals surface area contributed by atoms with Gasteiger partial charge in [0.25, 0.3) is 0 Å². The summed E-state index contributed by atoms with van der Waals surface area (Å²) in [7, 11) is 0. The molecule has 2 heteroatoms. The average molecular weight is 257 g/mol. The molecule has 0 saturated heterocycles. The van der Waals surface area contributed by atoms with Gasteiger partial charge < -0.3 is 9.30 Å². The normalized spacial score (nSPS) is 18.2. The van der Waals surface area contributed by atoms with Gasteiger partial charge in [-0.2, -0.15) is 0 Å². The van der Waals surface area contributed by atoms with Gasteiger partial charge in [0.2, 0.25) is 0 Å². The Hall–Kier alpha value is -1.44. The standard InChI is InChI=1S/C17H23NO/c1-16(2,3)13-11-18-15-12(13)7-6-8-14(15)19-10-9-17(18,4)5/h6-8,11H,9-10H2,1-5H3. The number of aromatic nitrogens is 1. The average Bonchev–Trinajstić information content (AvgIpc) is 2.63. The first-order chi connectivity index (χ1) is 8.81. The van der Waals surface area contributed by atoms with E-state index in [2.05, 4.69) is 63.6 Å². The molecule has 0 radical (unpaired) electrons. The molecule has 0 amide bonds. The van der Waals surface area contributed by atoms with Crippen LogP contribution in [0.5, 0.6) is 5.75 Å². The zero-order valence-electron chi connectivity index (χ0n) is 12.6. The smallest absolute Gasteiger partial charge is 0.143 e. The second-order valence-electron chi connectivity index (χ2n) is 7.23. The number of para-hydroxylation sites is 1. The minimum atomic E-state index is 0.106. The Kier molecular flexibility index (Phi) is 2.51. The van der Waals surface area contributed by atoms with Gasteiger partial charge in [-0.25, -0.2) is 0 Å². The molecule has 0 atom stereocenters. The number of hydrogen-bond acceptors (Lipinski definition) is 1. The van der Waals surface area contributed by atoms with Crippen LogP contribution in [0.1, 0.15) is 46.6 Å². The minimum absolute atomic E-state index is 0.106. The van der Waals surface area contributed by atoms with Gasteiger partial charge in [0, 0.05) is 23.5 Å². The lowest BCUT2D eigenvalue weighted by atomic mass is 9.87. The first-order valence-electron chi connectivity index (χ1n) is 7.08. The molecule has 1 aliphatic heterocycles. The molecule has 0 saturated carbocycles. The molecule has 0 unspecified atom stereocenters. The number of nitrogens with zero attached hydrogens (tertiary/aromatic N) is 1. The van der Waals surface area contributed by atoms with E-state index < -0.39 is 0 Å². The summed E-state index contributed by atoms with van der Waals surface area (Å²) < 4.78 is 8.38. The third-order valence-corrected chi connectivity index (χ3v) is 4.22. The van der Waals surface area contributed by atoms with Crippen LogP contribution < -0.4 is 4.74 Å². The summed E-state index contributed by atoms with van der Waals surface area (Å²) in [6, 6.07) is 6.42. The molecule has 19 heavy (non-hydrogen) atoms. The third-order valence-electron chi connectivity index (χ3n) is 4.22. The fourth-order valence-electron chi connectivity index (χ4n) is 2.97. The van der Waals surface area contributed by atoms with Gasteiger partial charge >= 0.3 is 0 Å². The maximum Gasteiger partial charge on any atom is 0.143 e. The Bertz CT molecular complexity index is 628. The molecule has 0 bridgehead atoms. The van der Waals surface area contributed by atoms with Crippen LogP contribution in [-0.4, -0.2) is 11.2 Å². The van der Waals surface area contributed by atoms with Crippen molar-refractivity contribution in [1.29, 1.82) is 0 Å².